The molecule has 1 atom stereocenters. The van der Waals surface area contributed by atoms with Crippen LogP contribution in [0.1, 0.15) is 27.9 Å². The molecule has 0 amide bonds. The van der Waals surface area contributed by atoms with Crippen molar-refractivity contribution in [1.29, 1.82) is 0 Å². The Morgan fingerprint density at radius 1 is 1.08 bits per heavy atom. The summed E-state index contributed by atoms with van der Waals surface area (Å²) in [6.45, 7) is 0. The molecule has 0 saturated carbocycles. The Morgan fingerprint density at radius 2 is 1.75 bits per heavy atom. The molecule has 128 valence electrons. The van der Waals surface area contributed by atoms with Crippen LogP contribution in [-0.2, 0) is 30.2 Å². The van der Waals surface area contributed by atoms with Crippen molar-refractivity contribution >= 4 is 23.3 Å². The van der Waals surface area contributed by atoms with E-state index in [0.717, 1.165) is 0 Å². The summed E-state index contributed by atoms with van der Waals surface area (Å²) < 4.78 is 14.7. The molecular formula is C17H18O7. The summed E-state index contributed by atoms with van der Waals surface area (Å²) in [5.41, 5.74) is 1.03. The maximum absolute atomic E-state index is 12.4. The number of esters is 1. The Labute approximate surface area is 138 Å². The highest BCUT2D eigenvalue weighted by molar-refractivity contribution is 6.52. The summed E-state index contributed by atoms with van der Waals surface area (Å²) in [6, 6.07) is 4.93. The lowest BCUT2D eigenvalue weighted by Crippen LogP contribution is -2.28. The van der Waals surface area contributed by atoms with Crippen LogP contribution in [0.5, 0.6) is 0 Å². The topological polar surface area (TPSA) is 99.1 Å². The van der Waals surface area contributed by atoms with Crippen molar-refractivity contribution in [3.05, 3.63) is 40.6 Å². The fraction of sp³-hybridized carbons (Fsp3) is 0.353. The van der Waals surface area contributed by atoms with Crippen LogP contribution in [0.15, 0.2) is 24.0 Å². The van der Waals surface area contributed by atoms with Crippen LogP contribution in [0.2, 0.25) is 0 Å². The number of carbonyl (C=O) groups excluding carboxylic acids is 3. The van der Waals surface area contributed by atoms with E-state index in [1.54, 1.807) is 18.2 Å². The number of hydrogen-bond donors (Lipinski definition) is 1. The number of aliphatic hydroxyl groups is 1. The SMILES string of the molecule is COC(=O)CC(O)Cc1cccc2c1C(=O)C(=O)C(OC)=C2OC. The van der Waals surface area contributed by atoms with Crippen LogP contribution in [0.4, 0.5) is 0 Å². The zero-order valence-electron chi connectivity index (χ0n) is 13.6. The van der Waals surface area contributed by atoms with Gasteiger partial charge in [-0.25, -0.2) is 0 Å². The van der Waals surface area contributed by atoms with E-state index in [1.165, 1.54) is 21.3 Å². The molecule has 0 aliphatic heterocycles. The summed E-state index contributed by atoms with van der Waals surface area (Å²) in [5, 5.41) is 10.0. The lowest BCUT2D eigenvalue weighted by atomic mass is 9.86. The number of allylic oxidation sites excluding steroid dienone is 1. The molecule has 2 rings (SSSR count). The van der Waals surface area contributed by atoms with Crippen LogP contribution >= 0.6 is 0 Å². The fourth-order valence-electron chi connectivity index (χ4n) is 2.66. The van der Waals surface area contributed by atoms with Gasteiger partial charge in [0.15, 0.2) is 5.76 Å². The fourth-order valence-corrected chi connectivity index (χ4v) is 2.66. The van der Waals surface area contributed by atoms with Crippen molar-refractivity contribution < 1.29 is 33.7 Å². The number of rotatable bonds is 6. The van der Waals surface area contributed by atoms with Gasteiger partial charge in [-0.2, -0.15) is 0 Å². The molecule has 0 heterocycles. The maximum atomic E-state index is 12.4. The minimum absolute atomic E-state index is 0.0244. The number of ether oxygens (including phenoxy) is 3. The van der Waals surface area contributed by atoms with Gasteiger partial charge in [-0.15, -0.1) is 0 Å². The molecule has 1 aromatic carbocycles. The van der Waals surface area contributed by atoms with E-state index in [9.17, 15) is 19.5 Å². The van der Waals surface area contributed by atoms with Gasteiger partial charge in [-0.05, 0) is 12.0 Å². The summed E-state index contributed by atoms with van der Waals surface area (Å²) in [4.78, 5) is 35.9. The first-order valence-electron chi connectivity index (χ1n) is 7.23. The molecule has 1 unspecified atom stereocenters. The van der Waals surface area contributed by atoms with Crippen molar-refractivity contribution in [2.24, 2.45) is 0 Å². The summed E-state index contributed by atoms with van der Waals surface area (Å²) in [7, 11) is 3.89. The zero-order valence-corrected chi connectivity index (χ0v) is 13.6. The van der Waals surface area contributed by atoms with Crippen molar-refractivity contribution in [3.63, 3.8) is 0 Å². The second kappa shape index (κ2) is 7.27. The van der Waals surface area contributed by atoms with Crippen molar-refractivity contribution in [2.45, 2.75) is 18.9 Å². The predicted molar refractivity (Wildman–Crippen MR) is 83.1 cm³/mol. The standard InChI is InChI=1S/C17H18O7/c1-22-12(19)8-10(18)7-9-5-4-6-11-13(9)14(20)15(21)17(24-3)16(11)23-2/h4-6,10,18H,7-8H2,1-3H3. The van der Waals surface area contributed by atoms with Gasteiger partial charge in [-0.1, -0.05) is 18.2 Å². The molecule has 0 spiro atoms. The minimum Gasteiger partial charge on any atom is -0.492 e. The van der Waals surface area contributed by atoms with Gasteiger partial charge in [-0.3, -0.25) is 14.4 Å². The van der Waals surface area contributed by atoms with Gasteiger partial charge >= 0.3 is 5.97 Å². The highest BCUT2D eigenvalue weighted by atomic mass is 16.5. The van der Waals surface area contributed by atoms with E-state index in [1.807, 2.05) is 0 Å². The maximum Gasteiger partial charge on any atom is 0.308 e. The monoisotopic (exact) mass is 334 g/mol. The summed E-state index contributed by atoms with van der Waals surface area (Å²) >= 11 is 0. The van der Waals surface area contributed by atoms with Gasteiger partial charge in [0.05, 0.1) is 33.9 Å². The lowest BCUT2D eigenvalue weighted by Gasteiger charge is -2.22. The first-order chi connectivity index (χ1) is 11.4. The summed E-state index contributed by atoms with van der Waals surface area (Å²) in [5.74, 6) is -2.09. The van der Waals surface area contributed by atoms with Crippen molar-refractivity contribution in [3.8, 4) is 0 Å². The molecule has 0 aromatic heterocycles. The number of ketones is 2. The van der Waals surface area contributed by atoms with E-state index in [-0.39, 0.29) is 29.9 Å². The van der Waals surface area contributed by atoms with Crippen molar-refractivity contribution in [2.75, 3.05) is 21.3 Å². The third-order valence-corrected chi connectivity index (χ3v) is 3.73. The third kappa shape index (κ3) is 3.16. The largest absolute Gasteiger partial charge is 0.492 e. The Bertz CT molecular complexity index is 718. The number of methoxy groups -OCH3 is 3. The average Bonchev–Trinajstić information content (AvgIpc) is 2.57. The Morgan fingerprint density at radius 3 is 2.33 bits per heavy atom. The summed E-state index contributed by atoms with van der Waals surface area (Å²) in [6.07, 6.45) is -1.22. The molecule has 0 saturated heterocycles. The van der Waals surface area contributed by atoms with E-state index in [2.05, 4.69) is 4.74 Å². The van der Waals surface area contributed by atoms with E-state index in [4.69, 9.17) is 9.47 Å². The van der Waals surface area contributed by atoms with Crippen LogP contribution in [0.25, 0.3) is 5.76 Å². The van der Waals surface area contributed by atoms with Crippen LogP contribution < -0.4 is 0 Å². The first kappa shape index (κ1) is 17.7. The van der Waals surface area contributed by atoms with Crippen LogP contribution in [0.3, 0.4) is 0 Å². The van der Waals surface area contributed by atoms with Crippen LogP contribution in [-0.4, -0.2) is 50.1 Å². The van der Waals surface area contributed by atoms with Gasteiger partial charge < -0.3 is 19.3 Å². The van der Waals surface area contributed by atoms with Crippen molar-refractivity contribution in [1.82, 2.24) is 0 Å². The number of Topliss-reactive ketones (excluding diaryl/α,β-unsaturated/α-hetero) is 2. The van der Waals surface area contributed by atoms with Gasteiger partial charge in [0.2, 0.25) is 11.5 Å². The number of benzene rings is 1. The molecule has 1 aromatic rings. The Hall–Kier alpha value is -2.67. The van der Waals surface area contributed by atoms with E-state index in [0.29, 0.717) is 11.1 Å². The lowest BCUT2D eigenvalue weighted by molar-refractivity contribution is -0.142. The second-order valence-corrected chi connectivity index (χ2v) is 5.20. The molecule has 7 nitrogen and oxygen atoms in total. The van der Waals surface area contributed by atoms with Gasteiger partial charge in [0.25, 0.3) is 5.78 Å². The molecule has 1 aliphatic rings. The molecule has 1 N–H and O–H groups in total. The van der Waals surface area contributed by atoms with Gasteiger partial charge in [0, 0.05) is 11.1 Å². The number of carbonyl (C=O) groups is 3. The molecule has 0 fully saturated rings. The van der Waals surface area contributed by atoms with E-state index < -0.39 is 23.6 Å². The van der Waals surface area contributed by atoms with Gasteiger partial charge in [0.1, 0.15) is 0 Å². The van der Waals surface area contributed by atoms with Crippen LogP contribution in [0, 0.1) is 0 Å². The highest BCUT2D eigenvalue weighted by Crippen LogP contribution is 2.33. The Kier molecular flexibility index (Phi) is 5.35. The smallest absolute Gasteiger partial charge is 0.308 e. The molecule has 7 heteroatoms. The molecule has 1 aliphatic carbocycles. The molecule has 0 radical (unpaired) electrons. The zero-order chi connectivity index (χ0) is 17.9. The second-order valence-electron chi connectivity index (χ2n) is 5.20. The number of fused-ring (bicyclic) bond motifs is 1. The number of hydrogen-bond acceptors (Lipinski definition) is 7. The number of aliphatic hydroxyl groups excluding tert-OH is 1. The minimum atomic E-state index is -1.04. The predicted octanol–water partition coefficient (Wildman–Crippen LogP) is 0.880. The average molecular weight is 334 g/mol. The molecular weight excluding hydrogens is 316 g/mol. The third-order valence-electron chi connectivity index (χ3n) is 3.73. The normalized spacial score (nSPS) is 15.0. The highest BCUT2D eigenvalue weighted by Gasteiger charge is 2.36. The Balaban J connectivity index is 2.46. The first-order valence-corrected chi connectivity index (χ1v) is 7.23. The quantitative estimate of drug-likeness (QED) is 0.609. The molecule has 24 heavy (non-hydrogen) atoms. The molecule has 0 bridgehead atoms. The van der Waals surface area contributed by atoms with E-state index >= 15 is 0 Å².